The highest BCUT2D eigenvalue weighted by Crippen LogP contribution is 2.43. The highest BCUT2D eigenvalue weighted by atomic mass is 32.1. The number of halogens is 1. The summed E-state index contributed by atoms with van der Waals surface area (Å²) in [5.41, 5.74) is 4.13. The van der Waals surface area contributed by atoms with Crippen molar-refractivity contribution in [2.24, 2.45) is 5.41 Å². The van der Waals surface area contributed by atoms with Crippen LogP contribution in [0.3, 0.4) is 0 Å². The van der Waals surface area contributed by atoms with Crippen LogP contribution in [0, 0.1) is 18.2 Å². The maximum absolute atomic E-state index is 13.5. The molecule has 3 aromatic carbocycles. The average Bonchev–Trinajstić information content (AvgIpc) is 3.49. The summed E-state index contributed by atoms with van der Waals surface area (Å²) >= 11 is 1.40. The van der Waals surface area contributed by atoms with Crippen LogP contribution in [0.25, 0.3) is 16.6 Å². The number of carbonyl (C=O) groups is 1. The largest absolute Gasteiger partial charge is 0.301 e. The Balaban J connectivity index is 1.59. The predicted molar refractivity (Wildman–Crippen MR) is 139 cm³/mol. The number of aromatic nitrogens is 3. The van der Waals surface area contributed by atoms with Crippen LogP contribution in [0.5, 0.6) is 0 Å². The molecule has 0 spiro atoms. The van der Waals surface area contributed by atoms with Gasteiger partial charge in [0.05, 0.1) is 22.8 Å². The van der Waals surface area contributed by atoms with E-state index < -0.39 is 5.41 Å². The van der Waals surface area contributed by atoms with Crippen molar-refractivity contribution in [2.45, 2.75) is 26.7 Å². The summed E-state index contributed by atoms with van der Waals surface area (Å²) in [7, 11) is 0. The Morgan fingerprint density at radius 1 is 1.06 bits per heavy atom. The molecule has 1 amide bonds. The van der Waals surface area contributed by atoms with Crippen LogP contribution in [-0.2, 0) is 4.79 Å². The van der Waals surface area contributed by atoms with E-state index in [2.05, 4.69) is 52.7 Å². The molecule has 0 radical (unpaired) electrons. The van der Waals surface area contributed by atoms with Crippen LogP contribution < -0.4 is 5.32 Å². The summed E-state index contributed by atoms with van der Waals surface area (Å²) in [6.07, 6.45) is 3.48. The zero-order valence-electron chi connectivity index (χ0n) is 19.7. The maximum atomic E-state index is 13.5. The van der Waals surface area contributed by atoms with Crippen LogP contribution in [0.4, 0.5) is 9.52 Å². The lowest BCUT2D eigenvalue weighted by Crippen LogP contribution is -2.37. The number of hydrogen-bond acceptors (Lipinski definition) is 4. The normalized spacial score (nSPS) is 12.6. The lowest BCUT2D eigenvalue weighted by molar-refractivity contribution is -0.124. The second kappa shape index (κ2) is 9.07. The van der Waals surface area contributed by atoms with Crippen molar-refractivity contribution in [3.63, 3.8) is 0 Å². The molecule has 0 aliphatic heterocycles. The first-order valence-electron chi connectivity index (χ1n) is 11.3. The number of anilines is 1. The Morgan fingerprint density at radius 2 is 1.83 bits per heavy atom. The molecule has 0 bridgehead atoms. The van der Waals surface area contributed by atoms with Gasteiger partial charge in [-0.2, -0.15) is 5.10 Å². The molecular weight excluding hydrogens is 459 g/mol. The average molecular weight is 485 g/mol. The Bertz CT molecular complexity index is 1490. The summed E-state index contributed by atoms with van der Waals surface area (Å²) in [5.74, 6) is -0.589. The molecule has 1 atom stereocenters. The lowest BCUT2D eigenvalue weighted by atomic mass is 9.70. The number of rotatable bonds is 6. The quantitative estimate of drug-likeness (QED) is 0.291. The molecule has 0 saturated carbocycles. The van der Waals surface area contributed by atoms with Gasteiger partial charge in [-0.25, -0.2) is 14.1 Å². The molecule has 176 valence electrons. The fourth-order valence-corrected chi connectivity index (χ4v) is 5.09. The lowest BCUT2D eigenvalue weighted by Gasteiger charge is -2.34. The summed E-state index contributed by atoms with van der Waals surface area (Å²) < 4.78 is 15.2. The van der Waals surface area contributed by atoms with E-state index in [1.54, 1.807) is 29.2 Å². The maximum Gasteiger partial charge on any atom is 0.232 e. The molecule has 5 rings (SSSR count). The van der Waals surface area contributed by atoms with Crippen LogP contribution in [-0.4, -0.2) is 20.7 Å². The monoisotopic (exact) mass is 484 g/mol. The number of aryl methyl sites for hydroxylation is 1. The number of nitrogens with one attached hydrogen (secondary N) is 1. The molecule has 35 heavy (non-hydrogen) atoms. The second-order valence-corrected chi connectivity index (χ2v) is 10.1. The summed E-state index contributed by atoms with van der Waals surface area (Å²) in [4.78, 5) is 17.7. The predicted octanol–water partition coefficient (Wildman–Crippen LogP) is 6.73. The SMILES string of the molecule is Cc1cccc(C(c2ccc3c(cnn3-c3ccc(F)cc3)c2)C(C)(C)C(=O)Nc2nccs2)c1. The van der Waals surface area contributed by atoms with Crippen molar-refractivity contribution >= 4 is 33.3 Å². The molecule has 0 fully saturated rings. The topological polar surface area (TPSA) is 59.8 Å². The van der Waals surface area contributed by atoms with E-state index in [1.807, 2.05) is 31.4 Å². The van der Waals surface area contributed by atoms with Gasteiger partial charge in [0.1, 0.15) is 5.82 Å². The highest BCUT2D eigenvalue weighted by molar-refractivity contribution is 7.13. The molecule has 0 aliphatic rings. The van der Waals surface area contributed by atoms with Gasteiger partial charge in [0.25, 0.3) is 0 Å². The molecule has 5 nitrogen and oxygen atoms in total. The number of nitrogens with zero attached hydrogens (tertiary/aromatic N) is 3. The molecule has 1 N–H and O–H groups in total. The van der Waals surface area contributed by atoms with Gasteiger partial charge in [-0.3, -0.25) is 4.79 Å². The number of hydrogen-bond donors (Lipinski definition) is 1. The van der Waals surface area contributed by atoms with Gasteiger partial charge in [-0.05, 0) is 54.4 Å². The van der Waals surface area contributed by atoms with E-state index in [4.69, 9.17) is 0 Å². The van der Waals surface area contributed by atoms with Crippen molar-refractivity contribution in [3.05, 3.63) is 107 Å². The Kier molecular flexibility index (Phi) is 5.94. The van der Waals surface area contributed by atoms with E-state index >= 15 is 0 Å². The van der Waals surface area contributed by atoms with E-state index in [9.17, 15) is 9.18 Å². The third kappa shape index (κ3) is 4.47. The highest BCUT2D eigenvalue weighted by Gasteiger charge is 2.39. The molecular formula is C28H25FN4OS. The molecule has 0 aliphatic carbocycles. The van der Waals surface area contributed by atoms with Gasteiger partial charge in [0.15, 0.2) is 5.13 Å². The van der Waals surface area contributed by atoms with Gasteiger partial charge in [-0.1, -0.05) is 49.7 Å². The van der Waals surface area contributed by atoms with Gasteiger partial charge in [0, 0.05) is 22.9 Å². The molecule has 1 unspecified atom stereocenters. The van der Waals surface area contributed by atoms with Gasteiger partial charge in [0.2, 0.25) is 5.91 Å². The van der Waals surface area contributed by atoms with Crippen LogP contribution in [0.2, 0.25) is 0 Å². The van der Waals surface area contributed by atoms with Crippen molar-refractivity contribution in [1.82, 2.24) is 14.8 Å². The number of amides is 1. The second-order valence-electron chi connectivity index (χ2n) is 9.21. The smallest absolute Gasteiger partial charge is 0.232 e. The fraction of sp³-hybridized carbons (Fsp3) is 0.179. The van der Waals surface area contributed by atoms with Gasteiger partial charge < -0.3 is 5.32 Å². The van der Waals surface area contributed by atoms with Crippen molar-refractivity contribution in [3.8, 4) is 5.69 Å². The van der Waals surface area contributed by atoms with Crippen LogP contribution in [0.1, 0.15) is 36.5 Å². The zero-order chi connectivity index (χ0) is 24.6. The molecule has 0 saturated heterocycles. The van der Waals surface area contributed by atoms with E-state index in [-0.39, 0.29) is 17.6 Å². The van der Waals surface area contributed by atoms with Crippen molar-refractivity contribution < 1.29 is 9.18 Å². The molecule has 2 heterocycles. The number of carbonyl (C=O) groups excluding carboxylic acids is 1. The summed E-state index contributed by atoms with van der Waals surface area (Å²) in [6.45, 7) is 5.99. The molecule has 2 aromatic heterocycles. The Morgan fingerprint density at radius 3 is 2.54 bits per heavy atom. The van der Waals surface area contributed by atoms with E-state index in [1.165, 1.54) is 23.5 Å². The first kappa shape index (κ1) is 22.9. The molecule has 5 aromatic rings. The number of thiazole rings is 1. The minimum absolute atomic E-state index is 0.0962. The third-order valence-corrected chi connectivity index (χ3v) is 7.02. The van der Waals surface area contributed by atoms with E-state index in [0.717, 1.165) is 33.3 Å². The van der Waals surface area contributed by atoms with Crippen molar-refractivity contribution in [2.75, 3.05) is 5.32 Å². The van der Waals surface area contributed by atoms with Crippen LogP contribution in [0.15, 0.2) is 84.5 Å². The third-order valence-electron chi connectivity index (χ3n) is 6.33. The summed E-state index contributed by atoms with van der Waals surface area (Å²) in [5, 5.41) is 10.9. The number of fused-ring (bicyclic) bond motifs is 1. The van der Waals surface area contributed by atoms with E-state index in [0.29, 0.717) is 5.13 Å². The summed E-state index contributed by atoms with van der Waals surface area (Å²) in [6, 6.07) is 20.7. The van der Waals surface area contributed by atoms with Crippen LogP contribution >= 0.6 is 11.3 Å². The molecule has 7 heteroatoms. The van der Waals surface area contributed by atoms with Gasteiger partial charge >= 0.3 is 0 Å². The zero-order valence-corrected chi connectivity index (χ0v) is 20.5. The fourth-order valence-electron chi connectivity index (χ4n) is 4.57. The van der Waals surface area contributed by atoms with Crippen molar-refractivity contribution in [1.29, 1.82) is 0 Å². The Labute approximate surface area is 207 Å². The van der Waals surface area contributed by atoms with Gasteiger partial charge in [-0.15, -0.1) is 11.3 Å². The number of benzene rings is 3. The minimum atomic E-state index is -0.778. The minimum Gasteiger partial charge on any atom is -0.301 e. The Hall–Kier alpha value is -3.84. The standard InChI is InChI=1S/C28H25FN4OS/c1-18-5-4-6-19(15-18)25(28(2,3)26(34)32-27-30-13-14-35-27)20-7-12-24-21(16-20)17-31-33(24)23-10-8-22(29)9-11-23/h4-17,25H,1-3H3,(H,30,32,34). The first-order chi connectivity index (χ1) is 16.8. The first-order valence-corrected chi connectivity index (χ1v) is 12.2.